The molecule has 0 fully saturated rings. The third-order valence-electron chi connectivity index (χ3n) is 2.70. The van der Waals surface area contributed by atoms with Gasteiger partial charge in [0, 0.05) is 21.9 Å². The number of thiophene rings is 1. The van der Waals surface area contributed by atoms with E-state index in [0.29, 0.717) is 0 Å². The van der Waals surface area contributed by atoms with Gasteiger partial charge >= 0.3 is 0 Å². The Kier molecular flexibility index (Phi) is 4.54. The van der Waals surface area contributed by atoms with E-state index in [4.69, 9.17) is 5.26 Å². The Morgan fingerprint density at radius 3 is 2.89 bits per heavy atom. The second-order valence-corrected chi connectivity index (χ2v) is 6.12. The van der Waals surface area contributed by atoms with E-state index in [1.54, 1.807) is 11.3 Å². The van der Waals surface area contributed by atoms with Gasteiger partial charge in [-0.2, -0.15) is 5.26 Å². The summed E-state index contributed by atoms with van der Waals surface area (Å²) in [5.41, 5.74) is 1.25. The topological polar surface area (TPSA) is 35.8 Å². The van der Waals surface area contributed by atoms with Crippen molar-refractivity contribution in [2.75, 3.05) is 0 Å². The molecular weight excluding hydrogens is 308 g/mol. The number of nitrogens with zero attached hydrogens (tertiary/aromatic N) is 1. The smallest absolute Gasteiger partial charge is 0.110 e. The fourth-order valence-corrected chi connectivity index (χ4v) is 2.85. The van der Waals surface area contributed by atoms with Gasteiger partial charge in [0.25, 0.3) is 0 Å². The molecule has 2 rings (SSSR count). The molecule has 92 valence electrons. The van der Waals surface area contributed by atoms with Crippen molar-refractivity contribution in [1.82, 2.24) is 5.32 Å². The van der Waals surface area contributed by atoms with Gasteiger partial charge in [0.1, 0.15) is 10.9 Å². The van der Waals surface area contributed by atoms with Gasteiger partial charge in [0.2, 0.25) is 0 Å². The molecule has 1 N–H and O–H groups in total. The molecule has 2 nitrogen and oxygen atoms in total. The predicted octanol–water partition coefficient (Wildman–Crippen LogP) is 4.23. The van der Waals surface area contributed by atoms with E-state index in [9.17, 15) is 0 Å². The zero-order valence-corrected chi connectivity index (χ0v) is 12.4. The highest BCUT2D eigenvalue weighted by Crippen LogP contribution is 2.20. The quantitative estimate of drug-likeness (QED) is 0.914. The van der Waals surface area contributed by atoms with Crippen molar-refractivity contribution in [3.63, 3.8) is 0 Å². The van der Waals surface area contributed by atoms with E-state index in [0.717, 1.165) is 15.9 Å². The number of benzene rings is 1. The van der Waals surface area contributed by atoms with Gasteiger partial charge in [0.05, 0.1) is 0 Å². The fraction of sp³-hybridized carbons (Fsp3) is 0.214. The lowest BCUT2D eigenvalue weighted by molar-refractivity contribution is 0.578. The second kappa shape index (κ2) is 6.14. The lowest BCUT2D eigenvalue weighted by Crippen LogP contribution is -2.17. The first-order valence-corrected chi connectivity index (χ1v) is 7.27. The van der Waals surface area contributed by atoms with Gasteiger partial charge in [-0.1, -0.05) is 28.1 Å². The highest BCUT2D eigenvalue weighted by Gasteiger charge is 2.06. The Morgan fingerprint density at radius 1 is 1.39 bits per heavy atom. The molecular formula is C14H13BrN2S. The Balaban J connectivity index is 1.96. The molecule has 4 heteroatoms. The van der Waals surface area contributed by atoms with Crippen molar-refractivity contribution in [3.8, 4) is 6.07 Å². The second-order valence-electron chi connectivity index (χ2n) is 4.04. The van der Waals surface area contributed by atoms with Crippen LogP contribution in [-0.4, -0.2) is 0 Å². The first-order valence-electron chi connectivity index (χ1n) is 5.66. The van der Waals surface area contributed by atoms with Gasteiger partial charge in [-0.3, -0.25) is 0 Å². The molecule has 2 aromatic rings. The van der Waals surface area contributed by atoms with Crippen LogP contribution in [0.3, 0.4) is 0 Å². The van der Waals surface area contributed by atoms with Crippen molar-refractivity contribution >= 4 is 27.3 Å². The Morgan fingerprint density at radius 2 is 2.22 bits per heavy atom. The van der Waals surface area contributed by atoms with Gasteiger partial charge in [-0.25, -0.2) is 0 Å². The maximum atomic E-state index is 8.77. The number of nitrogens with one attached hydrogen (secondary N) is 1. The average Bonchev–Trinajstić information content (AvgIpc) is 2.84. The molecule has 1 aromatic heterocycles. The molecule has 1 heterocycles. The van der Waals surface area contributed by atoms with E-state index >= 15 is 0 Å². The summed E-state index contributed by atoms with van der Waals surface area (Å²) in [7, 11) is 0. The maximum absolute atomic E-state index is 8.77. The lowest BCUT2D eigenvalue weighted by Gasteiger charge is -2.13. The predicted molar refractivity (Wildman–Crippen MR) is 78.4 cm³/mol. The molecule has 18 heavy (non-hydrogen) atoms. The van der Waals surface area contributed by atoms with Crippen LogP contribution in [0.1, 0.15) is 28.3 Å². The molecule has 0 aliphatic rings. The highest BCUT2D eigenvalue weighted by molar-refractivity contribution is 9.10. The van der Waals surface area contributed by atoms with Gasteiger partial charge in [-0.15, -0.1) is 11.3 Å². The molecule has 1 aromatic carbocycles. The van der Waals surface area contributed by atoms with Crippen molar-refractivity contribution in [1.29, 1.82) is 5.26 Å². The van der Waals surface area contributed by atoms with E-state index < -0.39 is 0 Å². The van der Waals surface area contributed by atoms with E-state index in [-0.39, 0.29) is 6.04 Å². The fourth-order valence-electron chi connectivity index (χ4n) is 1.68. The highest BCUT2D eigenvalue weighted by atomic mass is 79.9. The largest absolute Gasteiger partial charge is 0.305 e. The van der Waals surface area contributed by atoms with Crippen LogP contribution in [0.15, 0.2) is 40.9 Å². The zero-order valence-electron chi connectivity index (χ0n) is 9.98. The molecule has 0 bridgehead atoms. The first-order chi connectivity index (χ1) is 8.69. The van der Waals surface area contributed by atoms with E-state index in [1.165, 1.54) is 10.4 Å². The van der Waals surface area contributed by atoms with E-state index in [2.05, 4.69) is 46.4 Å². The number of nitriles is 1. The van der Waals surface area contributed by atoms with Crippen molar-refractivity contribution < 1.29 is 0 Å². The van der Waals surface area contributed by atoms with Crippen LogP contribution >= 0.6 is 27.3 Å². The Bertz CT molecular complexity index is 571. The van der Waals surface area contributed by atoms with Crippen LogP contribution in [0.4, 0.5) is 0 Å². The molecule has 0 radical (unpaired) electrons. The molecule has 1 atom stereocenters. The number of halogens is 1. The number of hydrogen-bond acceptors (Lipinski definition) is 3. The maximum Gasteiger partial charge on any atom is 0.110 e. The first kappa shape index (κ1) is 13.3. The number of hydrogen-bond donors (Lipinski definition) is 1. The summed E-state index contributed by atoms with van der Waals surface area (Å²) in [6, 6.07) is 14.6. The minimum absolute atomic E-state index is 0.287. The summed E-state index contributed by atoms with van der Waals surface area (Å²) in [4.78, 5) is 1.95. The molecule has 0 aliphatic carbocycles. The molecule has 0 unspecified atom stereocenters. The van der Waals surface area contributed by atoms with Crippen LogP contribution in [0, 0.1) is 11.3 Å². The standard InChI is InChI=1S/C14H13BrN2S/c1-10(11-3-2-4-12(15)7-11)17-9-14-6-5-13(8-16)18-14/h2-7,10,17H,9H2,1H3/t10-/m1/s1. The molecule has 0 saturated carbocycles. The molecule has 0 saturated heterocycles. The Labute approximate surface area is 119 Å². The van der Waals surface area contributed by atoms with Gasteiger partial charge in [0.15, 0.2) is 0 Å². The average molecular weight is 321 g/mol. The van der Waals surface area contributed by atoms with Crippen molar-refractivity contribution in [2.45, 2.75) is 19.5 Å². The molecule has 0 spiro atoms. The van der Waals surface area contributed by atoms with Crippen LogP contribution in [0.2, 0.25) is 0 Å². The molecule has 0 aliphatic heterocycles. The normalized spacial score (nSPS) is 12.1. The summed E-state index contributed by atoms with van der Waals surface area (Å²) >= 11 is 5.02. The SMILES string of the molecule is C[C@@H](NCc1ccc(C#N)s1)c1cccc(Br)c1. The summed E-state index contributed by atoms with van der Waals surface area (Å²) in [5.74, 6) is 0. The van der Waals surface area contributed by atoms with Crippen LogP contribution < -0.4 is 5.32 Å². The third-order valence-corrected chi connectivity index (χ3v) is 4.19. The van der Waals surface area contributed by atoms with Crippen LogP contribution in [0.25, 0.3) is 0 Å². The monoisotopic (exact) mass is 320 g/mol. The lowest BCUT2D eigenvalue weighted by atomic mass is 10.1. The van der Waals surface area contributed by atoms with Gasteiger partial charge in [-0.05, 0) is 36.8 Å². The third kappa shape index (κ3) is 3.42. The zero-order chi connectivity index (χ0) is 13.0. The minimum atomic E-state index is 0.287. The van der Waals surface area contributed by atoms with Crippen molar-refractivity contribution in [2.24, 2.45) is 0 Å². The summed E-state index contributed by atoms with van der Waals surface area (Å²) in [5, 5.41) is 12.2. The minimum Gasteiger partial charge on any atom is -0.305 e. The van der Waals surface area contributed by atoms with Gasteiger partial charge < -0.3 is 5.32 Å². The summed E-state index contributed by atoms with van der Waals surface area (Å²) < 4.78 is 1.09. The summed E-state index contributed by atoms with van der Waals surface area (Å²) in [6.45, 7) is 2.93. The summed E-state index contributed by atoms with van der Waals surface area (Å²) in [6.07, 6.45) is 0. The van der Waals surface area contributed by atoms with Crippen LogP contribution in [-0.2, 0) is 6.54 Å². The van der Waals surface area contributed by atoms with E-state index in [1.807, 2.05) is 24.3 Å². The van der Waals surface area contributed by atoms with Crippen molar-refractivity contribution in [3.05, 3.63) is 56.2 Å². The number of rotatable bonds is 4. The Hall–Kier alpha value is -1.15. The van der Waals surface area contributed by atoms with Crippen LogP contribution in [0.5, 0.6) is 0 Å². The molecule has 0 amide bonds.